The first kappa shape index (κ1) is 18.2. The van der Waals surface area contributed by atoms with E-state index in [1.165, 1.54) is 5.39 Å². The number of benzene rings is 2. The Balaban J connectivity index is 1.40. The minimum absolute atomic E-state index is 0.0901. The number of ether oxygens (including phenoxy) is 1. The lowest BCUT2D eigenvalue weighted by Gasteiger charge is -2.24. The average molecular weight is 354 g/mol. The Morgan fingerprint density at radius 1 is 1.04 bits per heavy atom. The lowest BCUT2D eigenvalue weighted by atomic mass is 10.1. The Morgan fingerprint density at radius 2 is 1.85 bits per heavy atom. The van der Waals surface area contributed by atoms with Crippen molar-refractivity contribution in [2.45, 2.75) is 32.1 Å². The van der Waals surface area contributed by atoms with Gasteiger partial charge >= 0.3 is 0 Å². The van der Waals surface area contributed by atoms with Crippen molar-refractivity contribution in [3.63, 3.8) is 0 Å². The number of fused-ring (bicyclic) bond motifs is 1. The van der Waals surface area contributed by atoms with Crippen molar-refractivity contribution in [1.29, 1.82) is 0 Å². The van der Waals surface area contributed by atoms with Gasteiger partial charge in [0.05, 0.1) is 13.1 Å². The molecule has 2 aromatic rings. The molecule has 0 aromatic heterocycles. The third-order valence-electron chi connectivity index (χ3n) is 4.67. The Bertz CT molecular complexity index is 760. The number of nitrogens with zero attached hydrogens (tertiary/aromatic N) is 1. The van der Waals surface area contributed by atoms with Crippen molar-refractivity contribution in [1.82, 2.24) is 10.2 Å². The molecule has 1 fully saturated rings. The maximum absolute atomic E-state index is 12.1. The molecular formula is C21H26N2O3. The molecule has 3 rings (SSSR count). The molecule has 0 bridgehead atoms. The first-order valence-electron chi connectivity index (χ1n) is 9.38. The highest BCUT2D eigenvalue weighted by Gasteiger charge is 2.18. The van der Waals surface area contributed by atoms with Crippen LogP contribution >= 0.6 is 0 Å². The van der Waals surface area contributed by atoms with Crippen LogP contribution in [-0.4, -0.2) is 43.0 Å². The zero-order valence-electron chi connectivity index (χ0n) is 15.1. The van der Waals surface area contributed by atoms with Crippen LogP contribution in [0.1, 0.15) is 32.1 Å². The van der Waals surface area contributed by atoms with Gasteiger partial charge in [0.2, 0.25) is 11.8 Å². The van der Waals surface area contributed by atoms with Gasteiger partial charge in [-0.1, -0.05) is 43.2 Å². The summed E-state index contributed by atoms with van der Waals surface area (Å²) in [7, 11) is 0. The second kappa shape index (κ2) is 9.22. The first-order chi connectivity index (χ1) is 12.7. The van der Waals surface area contributed by atoms with Gasteiger partial charge in [0.15, 0.2) is 0 Å². The van der Waals surface area contributed by atoms with E-state index in [4.69, 9.17) is 4.74 Å². The minimum atomic E-state index is -0.124. The van der Waals surface area contributed by atoms with Gasteiger partial charge in [-0.15, -0.1) is 0 Å². The van der Waals surface area contributed by atoms with Crippen LogP contribution in [-0.2, 0) is 9.59 Å². The monoisotopic (exact) mass is 354 g/mol. The molecule has 5 heteroatoms. The molecule has 138 valence electrons. The number of likely N-dealkylation sites (tertiary alicyclic amines) is 1. The number of amides is 2. The zero-order valence-corrected chi connectivity index (χ0v) is 15.1. The minimum Gasteiger partial charge on any atom is -0.492 e. The normalized spacial score (nSPS) is 15.4. The molecule has 1 N–H and O–H groups in total. The van der Waals surface area contributed by atoms with Gasteiger partial charge in [-0.2, -0.15) is 0 Å². The average Bonchev–Trinajstić information content (AvgIpc) is 2.65. The topological polar surface area (TPSA) is 58.6 Å². The van der Waals surface area contributed by atoms with E-state index < -0.39 is 0 Å². The summed E-state index contributed by atoms with van der Waals surface area (Å²) in [6.07, 6.45) is 4.70. The quantitative estimate of drug-likeness (QED) is 0.811. The second-order valence-corrected chi connectivity index (χ2v) is 6.69. The van der Waals surface area contributed by atoms with Gasteiger partial charge in [-0.05, 0) is 35.7 Å². The highest BCUT2D eigenvalue weighted by Crippen LogP contribution is 2.20. The van der Waals surface area contributed by atoms with Crippen LogP contribution in [0.3, 0.4) is 0 Å². The summed E-state index contributed by atoms with van der Waals surface area (Å²) in [5.41, 5.74) is 0. The van der Waals surface area contributed by atoms with E-state index in [1.54, 1.807) is 4.90 Å². The summed E-state index contributed by atoms with van der Waals surface area (Å²) in [6.45, 7) is 1.65. The summed E-state index contributed by atoms with van der Waals surface area (Å²) in [4.78, 5) is 25.8. The molecule has 0 unspecified atom stereocenters. The Morgan fingerprint density at radius 3 is 2.73 bits per heavy atom. The Kier molecular flexibility index (Phi) is 6.47. The molecule has 26 heavy (non-hydrogen) atoms. The lowest BCUT2D eigenvalue weighted by molar-refractivity contribution is -0.136. The maximum atomic E-state index is 12.1. The predicted octanol–water partition coefficient (Wildman–Crippen LogP) is 3.13. The van der Waals surface area contributed by atoms with Gasteiger partial charge in [0, 0.05) is 13.0 Å². The van der Waals surface area contributed by atoms with Crippen LogP contribution < -0.4 is 10.1 Å². The van der Waals surface area contributed by atoms with E-state index in [-0.39, 0.29) is 18.4 Å². The molecular weight excluding hydrogens is 328 g/mol. The summed E-state index contributed by atoms with van der Waals surface area (Å²) in [6, 6.07) is 14.1. The van der Waals surface area contributed by atoms with E-state index in [0.29, 0.717) is 26.1 Å². The molecule has 1 saturated heterocycles. The molecule has 5 nitrogen and oxygen atoms in total. The van der Waals surface area contributed by atoms with E-state index in [2.05, 4.69) is 11.4 Å². The number of carbonyl (C=O) groups is 2. The molecule has 1 aliphatic heterocycles. The Labute approximate surface area is 154 Å². The van der Waals surface area contributed by atoms with E-state index in [1.807, 2.05) is 36.4 Å². The van der Waals surface area contributed by atoms with Crippen molar-refractivity contribution in [2.24, 2.45) is 0 Å². The standard InChI is InChI=1S/C21H26N2O3/c24-20(16-23-13-6-2-1-3-9-21(23)25)22-12-14-26-19-11-10-17-7-4-5-8-18(17)15-19/h4-5,7-8,10-11,15H,1-3,6,9,12-14,16H2,(H,22,24). The fourth-order valence-electron chi connectivity index (χ4n) is 3.23. The van der Waals surface area contributed by atoms with Crippen LogP contribution in [0.15, 0.2) is 42.5 Å². The molecule has 0 aliphatic carbocycles. The molecule has 0 radical (unpaired) electrons. The summed E-state index contributed by atoms with van der Waals surface area (Å²) < 4.78 is 5.72. The zero-order chi connectivity index (χ0) is 18.2. The summed E-state index contributed by atoms with van der Waals surface area (Å²) in [5.74, 6) is 0.755. The van der Waals surface area contributed by atoms with Crippen LogP contribution in [0, 0.1) is 0 Å². The van der Waals surface area contributed by atoms with Crippen molar-refractivity contribution in [2.75, 3.05) is 26.2 Å². The number of nitrogens with one attached hydrogen (secondary N) is 1. The third kappa shape index (κ3) is 5.22. The van der Waals surface area contributed by atoms with Gasteiger partial charge in [-0.25, -0.2) is 0 Å². The molecule has 0 saturated carbocycles. The van der Waals surface area contributed by atoms with Crippen molar-refractivity contribution in [3.8, 4) is 5.75 Å². The third-order valence-corrected chi connectivity index (χ3v) is 4.67. The smallest absolute Gasteiger partial charge is 0.239 e. The van der Waals surface area contributed by atoms with Crippen molar-refractivity contribution < 1.29 is 14.3 Å². The summed E-state index contributed by atoms with van der Waals surface area (Å²) in [5, 5.41) is 5.14. The van der Waals surface area contributed by atoms with Gasteiger partial charge in [0.25, 0.3) is 0 Å². The summed E-state index contributed by atoms with van der Waals surface area (Å²) >= 11 is 0. The van der Waals surface area contributed by atoms with E-state index in [0.717, 1.165) is 36.8 Å². The predicted molar refractivity (Wildman–Crippen MR) is 102 cm³/mol. The van der Waals surface area contributed by atoms with E-state index in [9.17, 15) is 9.59 Å². The SMILES string of the molecule is O=C(CN1CCCCCCC1=O)NCCOc1ccc2ccccc2c1. The van der Waals surface area contributed by atoms with Gasteiger partial charge in [-0.3, -0.25) is 9.59 Å². The van der Waals surface area contributed by atoms with E-state index >= 15 is 0 Å². The molecule has 2 aromatic carbocycles. The highest BCUT2D eigenvalue weighted by molar-refractivity contribution is 5.85. The largest absolute Gasteiger partial charge is 0.492 e. The fourth-order valence-corrected chi connectivity index (χ4v) is 3.23. The maximum Gasteiger partial charge on any atom is 0.239 e. The van der Waals surface area contributed by atoms with Crippen LogP contribution in [0.2, 0.25) is 0 Å². The van der Waals surface area contributed by atoms with Gasteiger partial charge < -0.3 is 15.0 Å². The molecule has 1 aliphatic rings. The first-order valence-corrected chi connectivity index (χ1v) is 9.38. The number of hydrogen-bond donors (Lipinski definition) is 1. The molecule has 2 amide bonds. The van der Waals surface area contributed by atoms with Crippen LogP contribution in [0.5, 0.6) is 5.75 Å². The van der Waals surface area contributed by atoms with Crippen molar-refractivity contribution in [3.05, 3.63) is 42.5 Å². The Hall–Kier alpha value is -2.56. The fraction of sp³-hybridized carbons (Fsp3) is 0.429. The number of carbonyl (C=O) groups excluding carboxylic acids is 2. The van der Waals surface area contributed by atoms with Crippen molar-refractivity contribution >= 4 is 22.6 Å². The highest BCUT2D eigenvalue weighted by atomic mass is 16.5. The lowest BCUT2D eigenvalue weighted by Crippen LogP contribution is -2.42. The van der Waals surface area contributed by atoms with Crippen LogP contribution in [0.25, 0.3) is 10.8 Å². The second-order valence-electron chi connectivity index (χ2n) is 6.69. The van der Waals surface area contributed by atoms with Crippen LogP contribution in [0.4, 0.5) is 0 Å². The molecule has 0 atom stereocenters. The molecule has 0 spiro atoms. The number of rotatable bonds is 6. The molecule has 1 heterocycles. The number of hydrogen-bond acceptors (Lipinski definition) is 3. The van der Waals surface area contributed by atoms with Gasteiger partial charge in [0.1, 0.15) is 12.4 Å².